The molecule has 22 heavy (non-hydrogen) atoms. The van der Waals surface area contributed by atoms with Crippen LogP contribution in [0, 0.1) is 20.8 Å². The summed E-state index contributed by atoms with van der Waals surface area (Å²) in [5.41, 5.74) is 8.44. The Hall–Kier alpha value is -2.70. The van der Waals surface area contributed by atoms with Gasteiger partial charge in [0.25, 0.3) is 5.91 Å². The molecule has 1 amide bonds. The summed E-state index contributed by atoms with van der Waals surface area (Å²) in [5, 5.41) is 8.39. The Morgan fingerprint density at radius 1 is 1.23 bits per heavy atom. The zero-order chi connectivity index (χ0) is 16.4. The molecule has 0 bridgehead atoms. The number of hydrogen-bond acceptors (Lipinski definition) is 5. The molecule has 0 fully saturated rings. The van der Waals surface area contributed by atoms with Crippen molar-refractivity contribution in [3.8, 4) is 5.69 Å². The number of carbonyl (C=O) groups excluding carboxylic acids is 2. The Bertz CT molecular complexity index is 736. The molecule has 0 aliphatic heterocycles. The van der Waals surface area contributed by atoms with E-state index in [1.165, 1.54) is 11.7 Å². The minimum absolute atomic E-state index is 0.0630. The van der Waals surface area contributed by atoms with Crippen LogP contribution in [0.25, 0.3) is 5.69 Å². The van der Waals surface area contributed by atoms with Crippen molar-refractivity contribution in [2.45, 2.75) is 33.8 Å². The van der Waals surface area contributed by atoms with Crippen molar-refractivity contribution in [3.05, 3.63) is 40.7 Å². The Labute approximate surface area is 128 Å². The molecule has 1 aromatic carbocycles. The van der Waals surface area contributed by atoms with Gasteiger partial charge in [-0.05, 0) is 39.3 Å². The monoisotopic (exact) mass is 302 g/mol. The highest BCUT2D eigenvalue weighted by Gasteiger charge is 2.22. The SMILES string of the molecule is Cc1ccc(-n2nc(C)c(C(=O)O[C@H](C)C(N)=O)n2)c(C)c1. The standard InChI is InChI=1S/C15H18N4O3/c1-8-5-6-12(9(2)7-8)19-17-10(3)13(18-19)15(21)22-11(4)14(16)20/h5-7,11H,1-4H3,(H2,16,20)/t11-/m1/s1. The van der Waals surface area contributed by atoms with Crippen LogP contribution in [0.4, 0.5) is 0 Å². The van der Waals surface area contributed by atoms with Crippen molar-refractivity contribution >= 4 is 11.9 Å². The van der Waals surface area contributed by atoms with Crippen LogP contribution >= 0.6 is 0 Å². The average molecular weight is 302 g/mol. The number of aryl methyl sites for hydroxylation is 3. The van der Waals surface area contributed by atoms with Gasteiger partial charge in [-0.15, -0.1) is 5.10 Å². The van der Waals surface area contributed by atoms with Gasteiger partial charge in [0.2, 0.25) is 0 Å². The van der Waals surface area contributed by atoms with Crippen LogP contribution in [0.5, 0.6) is 0 Å². The molecule has 0 saturated heterocycles. The fraction of sp³-hybridized carbons (Fsp3) is 0.333. The fourth-order valence-corrected chi connectivity index (χ4v) is 1.98. The summed E-state index contributed by atoms with van der Waals surface area (Å²) in [6.07, 6.45) is -1.02. The number of ether oxygens (including phenoxy) is 1. The number of nitrogens with two attached hydrogens (primary N) is 1. The summed E-state index contributed by atoms with van der Waals surface area (Å²) in [6, 6.07) is 5.82. The summed E-state index contributed by atoms with van der Waals surface area (Å²) >= 11 is 0. The third-order valence-electron chi connectivity index (χ3n) is 3.23. The summed E-state index contributed by atoms with van der Waals surface area (Å²) < 4.78 is 4.95. The van der Waals surface area contributed by atoms with Crippen LogP contribution in [0.15, 0.2) is 18.2 Å². The topological polar surface area (TPSA) is 100 Å². The highest BCUT2D eigenvalue weighted by molar-refractivity contribution is 5.91. The number of esters is 1. The lowest BCUT2D eigenvalue weighted by atomic mass is 10.1. The van der Waals surface area contributed by atoms with E-state index in [1.54, 1.807) is 6.92 Å². The maximum Gasteiger partial charge on any atom is 0.361 e. The largest absolute Gasteiger partial charge is 0.448 e. The van der Waals surface area contributed by atoms with Gasteiger partial charge in [-0.3, -0.25) is 4.79 Å². The quantitative estimate of drug-likeness (QED) is 0.856. The number of amides is 1. The summed E-state index contributed by atoms with van der Waals surface area (Å²) in [4.78, 5) is 24.4. The van der Waals surface area contributed by atoms with E-state index in [-0.39, 0.29) is 5.69 Å². The molecule has 0 aliphatic rings. The van der Waals surface area contributed by atoms with E-state index in [0.717, 1.165) is 16.8 Å². The lowest BCUT2D eigenvalue weighted by Crippen LogP contribution is -2.30. The van der Waals surface area contributed by atoms with Gasteiger partial charge in [0.1, 0.15) is 0 Å². The number of rotatable bonds is 4. The molecule has 1 atom stereocenters. The second-order valence-corrected chi connectivity index (χ2v) is 5.16. The molecule has 0 unspecified atom stereocenters. The molecule has 7 heteroatoms. The van der Waals surface area contributed by atoms with Gasteiger partial charge in [-0.1, -0.05) is 17.7 Å². The number of aromatic nitrogens is 3. The first-order valence-electron chi connectivity index (χ1n) is 6.81. The molecule has 2 N–H and O–H groups in total. The molecule has 116 valence electrons. The molecule has 0 aliphatic carbocycles. The second kappa shape index (κ2) is 5.97. The molecule has 0 radical (unpaired) electrons. The minimum atomic E-state index is -1.02. The van der Waals surface area contributed by atoms with Gasteiger partial charge < -0.3 is 10.5 Å². The van der Waals surface area contributed by atoms with E-state index in [0.29, 0.717) is 5.69 Å². The number of nitrogens with zero attached hydrogens (tertiary/aromatic N) is 3. The molecule has 0 spiro atoms. The molecule has 0 saturated carbocycles. The first-order chi connectivity index (χ1) is 10.3. The van der Waals surface area contributed by atoms with Gasteiger partial charge in [0, 0.05) is 0 Å². The van der Waals surface area contributed by atoms with Gasteiger partial charge in [-0.2, -0.15) is 9.90 Å². The third kappa shape index (κ3) is 3.13. The van der Waals surface area contributed by atoms with Gasteiger partial charge in [0.05, 0.1) is 11.4 Å². The lowest BCUT2D eigenvalue weighted by molar-refractivity contribution is -0.125. The number of hydrogen-bond donors (Lipinski definition) is 1. The predicted molar refractivity (Wildman–Crippen MR) is 79.6 cm³/mol. The average Bonchev–Trinajstić information content (AvgIpc) is 2.80. The Morgan fingerprint density at radius 2 is 1.91 bits per heavy atom. The van der Waals surface area contributed by atoms with E-state index < -0.39 is 18.0 Å². The smallest absolute Gasteiger partial charge is 0.361 e. The van der Waals surface area contributed by atoms with E-state index in [1.807, 2.05) is 32.0 Å². The van der Waals surface area contributed by atoms with E-state index in [4.69, 9.17) is 10.5 Å². The maximum absolute atomic E-state index is 12.0. The minimum Gasteiger partial charge on any atom is -0.448 e. The number of primary amides is 1. The van der Waals surface area contributed by atoms with Gasteiger partial charge >= 0.3 is 5.97 Å². The van der Waals surface area contributed by atoms with Crippen molar-refractivity contribution in [1.82, 2.24) is 15.0 Å². The zero-order valence-electron chi connectivity index (χ0n) is 13.0. The molecule has 1 aromatic heterocycles. The number of benzene rings is 1. The molecular weight excluding hydrogens is 284 g/mol. The first-order valence-corrected chi connectivity index (χ1v) is 6.81. The van der Waals surface area contributed by atoms with Gasteiger partial charge in [0.15, 0.2) is 11.8 Å². The molecule has 2 rings (SSSR count). The normalized spacial score (nSPS) is 12.0. The van der Waals surface area contributed by atoms with E-state index >= 15 is 0 Å². The van der Waals surface area contributed by atoms with Crippen molar-refractivity contribution in [1.29, 1.82) is 0 Å². The van der Waals surface area contributed by atoms with Crippen molar-refractivity contribution in [3.63, 3.8) is 0 Å². The summed E-state index contributed by atoms with van der Waals surface area (Å²) in [5.74, 6) is -1.44. The lowest BCUT2D eigenvalue weighted by Gasteiger charge is -2.07. The Kier molecular flexibility index (Phi) is 4.25. The summed E-state index contributed by atoms with van der Waals surface area (Å²) in [7, 11) is 0. The van der Waals surface area contributed by atoms with Crippen LogP contribution in [0.2, 0.25) is 0 Å². The van der Waals surface area contributed by atoms with Crippen LogP contribution < -0.4 is 5.73 Å². The van der Waals surface area contributed by atoms with Crippen molar-refractivity contribution in [2.24, 2.45) is 5.73 Å². The molecule has 2 aromatic rings. The fourth-order valence-electron chi connectivity index (χ4n) is 1.98. The highest BCUT2D eigenvalue weighted by Crippen LogP contribution is 2.15. The highest BCUT2D eigenvalue weighted by atomic mass is 16.5. The maximum atomic E-state index is 12.0. The Morgan fingerprint density at radius 3 is 2.50 bits per heavy atom. The first kappa shape index (κ1) is 15.7. The van der Waals surface area contributed by atoms with Crippen molar-refractivity contribution in [2.75, 3.05) is 0 Å². The van der Waals surface area contributed by atoms with Gasteiger partial charge in [-0.25, -0.2) is 4.79 Å². The zero-order valence-corrected chi connectivity index (χ0v) is 13.0. The second-order valence-electron chi connectivity index (χ2n) is 5.16. The van der Waals surface area contributed by atoms with E-state index in [2.05, 4.69) is 10.2 Å². The van der Waals surface area contributed by atoms with Crippen LogP contribution in [-0.4, -0.2) is 33.0 Å². The summed E-state index contributed by atoms with van der Waals surface area (Å²) in [6.45, 7) is 6.99. The van der Waals surface area contributed by atoms with Crippen molar-refractivity contribution < 1.29 is 14.3 Å². The number of carbonyl (C=O) groups is 2. The van der Waals surface area contributed by atoms with E-state index in [9.17, 15) is 9.59 Å². The van der Waals surface area contributed by atoms with Crippen LogP contribution in [0.1, 0.15) is 34.2 Å². The van der Waals surface area contributed by atoms with Crippen LogP contribution in [-0.2, 0) is 9.53 Å². The molecule has 1 heterocycles. The van der Waals surface area contributed by atoms with Crippen LogP contribution in [0.3, 0.4) is 0 Å². The molecular formula is C15H18N4O3. The molecule has 7 nitrogen and oxygen atoms in total. The predicted octanol–water partition coefficient (Wildman–Crippen LogP) is 1.22. The Balaban J connectivity index is 2.32. The third-order valence-corrected chi connectivity index (χ3v) is 3.23.